The van der Waals surface area contributed by atoms with Crippen molar-refractivity contribution in [3.63, 3.8) is 0 Å². The summed E-state index contributed by atoms with van der Waals surface area (Å²) in [6.45, 7) is 1.62. The van der Waals surface area contributed by atoms with Crippen molar-refractivity contribution in [3.8, 4) is 5.75 Å². The van der Waals surface area contributed by atoms with Gasteiger partial charge in [-0.25, -0.2) is 4.39 Å². The van der Waals surface area contributed by atoms with Crippen molar-refractivity contribution >= 4 is 0 Å². The second-order valence-electron chi connectivity index (χ2n) is 5.58. The molecule has 0 radical (unpaired) electrons. The number of alkyl halides is 3. The molecule has 1 aliphatic carbocycles. The Hall–Kier alpha value is -1.34. The van der Waals surface area contributed by atoms with Crippen LogP contribution in [0.3, 0.4) is 0 Å². The minimum atomic E-state index is -4.78. The molecule has 0 spiro atoms. The first kappa shape index (κ1) is 16.0. The van der Waals surface area contributed by atoms with Gasteiger partial charge in [0.2, 0.25) is 0 Å². The molecule has 1 aliphatic rings. The summed E-state index contributed by atoms with van der Waals surface area (Å²) in [5, 5.41) is 13.2. The minimum Gasteiger partial charge on any atom is -0.491 e. The maximum Gasteiger partial charge on any atom is 0.419 e. The highest BCUT2D eigenvalue weighted by atomic mass is 19.4. The van der Waals surface area contributed by atoms with Crippen molar-refractivity contribution in [2.24, 2.45) is 0 Å². The predicted molar refractivity (Wildman–Crippen MR) is 68.5 cm³/mol. The van der Waals surface area contributed by atoms with E-state index in [-0.39, 0.29) is 18.9 Å². The maximum atomic E-state index is 13.1. The zero-order valence-electron chi connectivity index (χ0n) is 11.5. The van der Waals surface area contributed by atoms with Crippen LogP contribution >= 0.6 is 0 Å². The number of aliphatic hydroxyl groups is 1. The number of hydrogen-bond donors (Lipinski definition) is 2. The van der Waals surface area contributed by atoms with Gasteiger partial charge < -0.3 is 15.2 Å². The molecule has 2 N–H and O–H groups in total. The van der Waals surface area contributed by atoms with Crippen molar-refractivity contribution in [2.75, 3.05) is 13.2 Å². The molecule has 3 nitrogen and oxygen atoms in total. The predicted octanol–water partition coefficient (Wildman–Crippen LogP) is 2.73. The summed E-state index contributed by atoms with van der Waals surface area (Å²) in [5.41, 5.74) is -2.59. The van der Waals surface area contributed by atoms with Crippen LogP contribution in [0.1, 0.15) is 25.3 Å². The lowest BCUT2D eigenvalue weighted by molar-refractivity contribution is -0.140. The number of halogens is 4. The van der Waals surface area contributed by atoms with E-state index in [2.05, 4.69) is 5.32 Å². The Morgan fingerprint density at radius 2 is 2.00 bits per heavy atom. The van der Waals surface area contributed by atoms with Crippen LogP contribution in [-0.2, 0) is 6.18 Å². The molecule has 0 saturated heterocycles. The fourth-order valence-corrected chi connectivity index (χ4v) is 1.75. The molecule has 1 aromatic rings. The van der Waals surface area contributed by atoms with Crippen LogP contribution in [0.2, 0.25) is 0 Å². The third-order valence-electron chi connectivity index (χ3n) is 3.14. The van der Waals surface area contributed by atoms with Gasteiger partial charge in [-0.2, -0.15) is 13.2 Å². The second kappa shape index (κ2) is 5.81. The largest absolute Gasteiger partial charge is 0.491 e. The van der Waals surface area contributed by atoms with Crippen molar-refractivity contribution in [1.29, 1.82) is 0 Å². The van der Waals surface area contributed by atoms with Crippen molar-refractivity contribution in [2.45, 2.75) is 37.6 Å². The topological polar surface area (TPSA) is 41.5 Å². The molecule has 1 fully saturated rings. The van der Waals surface area contributed by atoms with Gasteiger partial charge in [0, 0.05) is 12.6 Å². The van der Waals surface area contributed by atoms with Crippen LogP contribution in [0.4, 0.5) is 17.6 Å². The highest BCUT2D eigenvalue weighted by molar-refractivity contribution is 5.31. The molecule has 1 saturated carbocycles. The Balaban J connectivity index is 1.95. The lowest BCUT2D eigenvalue weighted by Gasteiger charge is -2.24. The van der Waals surface area contributed by atoms with E-state index >= 15 is 0 Å². The molecule has 0 bridgehead atoms. The van der Waals surface area contributed by atoms with Gasteiger partial charge in [-0.05, 0) is 38.0 Å². The summed E-state index contributed by atoms with van der Waals surface area (Å²) in [5.74, 6) is -1.48. The van der Waals surface area contributed by atoms with Crippen LogP contribution in [0.25, 0.3) is 0 Å². The first-order chi connectivity index (χ1) is 9.67. The van der Waals surface area contributed by atoms with Crippen LogP contribution in [-0.4, -0.2) is 29.9 Å². The van der Waals surface area contributed by atoms with Gasteiger partial charge in [0.05, 0.1) is 5.56 Å². The fourth-order valence-electron chi connectivity index (χ4n) is 1.75. The van der Waals surface area contributed by atoms with Gasteiger partial charge in [0.15, 0.2) is 0 Å². The first-order valence-corrected chi connectivity index (χ1v) is 6.63. The molecule has 2 rings (SSSR count). The van der Waals surface area contributed by atoms with E-state index in [4.69, 9.17) is 4.74 Å². The summed E-state index contributed by atoms with van der Waals surface area (Å²) in [4.78, 5) is 0. The Kier molecular flexibility index (Phi) is 4.43. The zero-order valence-corrected chi connectivity index (χ0v) is 11.5. The lowest BCUT2D eigenvalue weighted by atomic mass is 10.1. The average Bonchev–Trinajstić information content (AvgIpc) is 3.18. The van der Waals surface area contributed by atoms with Crippen LogP contribution < -0.4 is 10.1 Å². The Morgan fingerprint density at radius 1 is 1.33 bits per heavy atom. The Labute approximate surface area is 119 Å². The SMILES string of the molecule is CC(O)(CNC1CC1)COc1ccc(F)c(C(F)(F)F)c1. The van der Waals surface area contributed by atoms with Gasteiger partial charge in [0.25, 0.3) is 0 Å². The van der Waals surface area contributed by atoms with Gasteiger partial charge in [-0.3, -0.25) is 0 Å². The van der Waals surface area contributed by atoms with E-state index in [0.29, 0.717) is 18.2 Å². The standard InChI is InChI=1S/C14H17F4NO2/c1-13(20,7-19-9-2-3-9)8-21-10-4-5-12(15)11(6-10)14(16,17)18/h4-6,9,19-20H,2-3,7-8H2,1H3. The minimum absolute atomic E-state index is 0.129. The lowest BCUT2D eigenvalue weighted by Crippen LogP contribution is -2.43. The number of benzene rings is 1. The third-order valence-corrected chi connectivity index (χ3v) is 3.14. The molecule has 1 atom stereocenters. The molecule has 0 aromatic heterocycles. The van der Waals surface area contributed by atoms with Crippen LogP contribution in [0.15, 0.2) is 18.2 Å². The van der Waals surface area contributed by atoms with Gasteiger partial charge in [-0.15, -0.1) is 0 Å². The Bertz CT molecular complexity index is 498. The first-order valence-electron chi connectivity index (χ1n) is 6.63. The van der Waals surface area contributed by atoms with E-state index in [0.717, 1.165) is 18.9 Å². The molecule has 0 aliphatic heterocycles. The number of nitrogens with one attached hydrogen (secondary N) is 1. The summed E-state index contributed by atoms with van der Waals surface area (Å²) in [7, 11) is 0. The quantitative estimate of drug-likeness (QED) is 0.794. The van der Waals surface area contributed by atoms with Crippen LogP contribution in [0, 0.1) is 5.82 Å². The molecule has 7 heteroatoms. The Morgan fingerprint density at radius 3 is 2.57 bits per heavy atom. The molecule has 118 valence electrons. The summed E-state index contributed by atoms with van der Waals surface area (Å²) in [6, 6.07) is 2.81. The zero-order chi connectivity index (χ0) is 15.7. The van der Waals surface area contributed by atoms with Crippen molar-refractivity contribution in [3.05, 3.63) is 29.6 Å². The highest BCUT2D eigenvalue weighted by Gasteiger charge is 2.34. The molecule has 1 aromatic carbocycles. The third kappa shape index (κ3) is 4.86. The fraction of sp³-hybridized carbons (Fsp3) is 0.571. The molecule has 1 unspecified atom stereocenters. The van der Waals surface area contributed by atoms with E-state index in [1.165, 1.54) is 6.92 Å². The number of hydrogen-bond acceptors (Lipinski definition) is 3. The summed E-state index contributed by atoms with van der Waals surface area (Å²) >= 11 is 0. The van der Waals surface area contributed by atoms with E-state index in [1.807, 2.05) is 0 Å². The maximum absolute atomic E-state index is 13.1. The van der Waals surface area contributed by atoms with E-state index in [1.54, 1.807) is 0 Å². The van der Waals surface area contributed by atoms with Gasteiger partial charge in [0.1, 0.15) is 23.8 Å². The smallest absolute Gasteiger partial charge is 0.419 e. The van der Waals surface area contributed by atoms with E-state index in [9.17, 15) is 22.7 Å². The molecule has 0 heterocycles. The van der Waals surface area contributed by atoms with Crippen molar-refractivity contribution in [1.82, 2.24) is 5.32 Å². The van der Waals surface area contributed by atoms with Crippen LogP contribution in [0.5, 0.6) is 5.75 Å². The number of ether oxygens (including phenoxy) is 1. The summed E-state index contributed by atoms with van der Waals surface area (Å²) < 4.78 is 56.0. The van der Waals surface area contributed by atoms with E-state index < -0.39 is 23.2 Å². The van der Waals surface area contributed by atoms with Gasteiger partial charge >= 0.3 is 6.18 Å². The van der Waals surface area contributed by atoms with Crippen molar-refractivity contribution < 1.29 is 27.4 Å². The number of rotatable bonds is 6. The summed E-state index contributed by atoms with van der Waals surface area (Å²) in [6.07, 6.45) is -2.66. The normalized spacial score (nSPS) is 18.4. The molecular weight excluding hydrogens is 290 g/mol. The monoisotopic (exact) mass is 307 g/mol. The van der Waals surface area contributed by atoms with Gasteiger partial charge in [-0.1, -0.05) is 0 Å². The highest BCUT2D eigenvalue weighted by Crippen LogP contribution is 2.33. The second-order valence-corrected chi connectivity index (χ2v) is 5.58. The molecular formula is C14H17F4NO2. The molecule has 21 heavy (non-hydrogen) atoms. The average molecular weight is 307 g/mol. The molecule has 0 amide bonds.